The smallest absolute Gasteiger partial charge is 0.323 e. The zero-order chi connectivity index (χ0) is 17.9. The van der Waals surface area contributed by atoms with Crippen LogP contribution in [0.5, 0.6) is 0 Å². The molecule has 1 saturated heterocycles. The van der Waals surface area contributed by atoms with Crippen molar-refractivity contribution in [3.05, 3.63) is 30.1 Å². The summed E-state index contributed by atoms with van der Waals surface area (Å²) in [7, 11) is 0. The van der Waals surface area contributed by atoms with Gasteiger partial charge in [-0.2, -0.15) is 0 Å². The highest BCUT2D eigenvalue weighted by molar-refractivity contribution is 6.00. The van der Waals surface area contributed by atoms with E-state index in [-0.39, 0.29) is 36.4 Å². The predicted octanol–water partition coefficient (Wildman–Crippen LogP) is 1.75. The van der Waals surface area contributed by atoms with E-state index in [4.69, 9.17) is 5.11 Å². The summed E-state index contributed by atoms with van der Waals surface area (Å²) >= 11 is 0. The lowest BCUT2D eigenvalue weighted by atomic mass is 10.1. The minimum atomic E-state index is -1.10. The van der Waals surface area contributed by atoms with Crippen LogP contribution in [0, 0.1) is 17.7 Å². The largest absolute Gasteiger partial charge is 0.480 e. The Morgan fingerprint density at radius 2 is 2.04 bits per heavy atom. The van der Waals surface area contributed by atoms with Crippen LogP contribution in [-0.2, 0) is 14.4 Å². The molecular formula is C17H21FN2O4. The number of aliphatic carboxylic acids is 1. The number of rotatable bonds is 6. The number of hydrogen-bond acceptors (Lipinski definition) is 3. The van der Waals surface area contributed by atoms with E-state index in [1.54, 1.807) is 6.07 Å². The fourth-order valence-corrected chi connectivity index (χ4v) is 2.87. The van der Waals surface area contributed by atoms with Crippen LogP contribution in [0.25, 0.3) is 0 Å². The number of benzene rings is 1. The van der Waals surface area contributed by atoms with Gasteiger partial charge in [0.25, 0.3) is 0 Å². The van der Waals surface area contributed by atoms with Crippen molar-refractivity contribution in [1.82, 2.24) is 4.90 Å². The van der Waals surface area contributed by atoms with Crippen LogP contribution in [0.3, 0.4) is 0 Å². The third-order valence-electron chi connectivity index (χ3n) is 3.84. The molecule has 0 spiro atoms. The summed E-state index contributed by atoms with van der Waals surface area (Å²) in [5.41, 5.74) is 0.145. The van der Waals surface area contributed by atoms with Gasteiger partial charge in [0, 0.05) is 19.5 Å². The second kappa shape index (κ2) is 7.42. The molecule has 1 fully saturated rings. The van der Waals surface area contributed by atoms with Gasteiger partial charge in [0.1, 0.15) is 12.4 Å². The van der Waals surface area contributed by atoms with Crippen molar-refractivity contribution in [3.8, 4) is 0 Å². The molecule has 1 heterocycles. The molecule has 0 radical (unpaired) electrons. The summed E-state index contributed by atoms with van der Waals surface area (Å²) in [6.07, 6.45) is -0.0403. The zero-order valence-corrected chi connectivity index (χ0v) is 13.7. The van der Waals surface area contributed by atoms with Gasteiger partial charge < -0.3 is 14.9 Å². The molecule has 1 aliphatic heterocycles. The molecule has 1 N–H and O–H groups in total. The van der Waals surface area contributed by atoms with Crippen LogP contribution in [0.1, 0.15) is 20.3 Å². The fraction of sp³-hybridized carbons (Fsp3) is 0.471. The van der Waals surface area contributed by atoms with Gasteiger partial charge in [0.2, 0.25) is 11.8 Å². The molecule has 1 atom stereocenters. The highest BCUT2D eigenvalue weighted by Crippen LogP contribution is 2.28. The van der Waals surface area contributed by atoms with Crippen LogP contribution in [-0.4, -0.2) is 47.4 Å². The summed E-state index contributed by atoms with van der Waals surface area (Å²) < 4.78 is 13.9. The van der Waals surface area contributed by atoms with Gasteiger partial charge >= 0.3 is 5.97 Å². The van der Waals surface area contributed by atoms with Gasteiger partial charge in [-0.3, -0.25) is 14.4 Å². The molecule has 0 aliphatic carbocycles. The van der Waals surface area contributed by atoms with Crippen molar-refractivity contribution < 1.29 is 23.9 Å². The Balaban J connectivity index is 2.15. The molecule has 2 rings (SSSR count). The average Bonchev–Trinajstić information content (AvgIpc) is 2.87. The average molecular weight is 336 g/mol. The minimum absolute atomic E-state index is 0.0403. The summed E-state index contributed by atoms with van der Waals surface area (Å²) in [5, 5.41) is 8.99. The molecule has 24 heavy (non-hydrogen) atoms. The summed E-state index contributed by atoms with van der Waals surface area (Å²) in [6.45, 7) is 3.73. The van der Waals surface area contributed by atoms with E-state index in [1.807, 2.05) is 13.8 Å². The molecule has 1 aromatic rings. The Morgan fingerprint density at radius 3 is 2.62 bits per heavy atom. The van der Waals surface area contributed by atoms with E-state index in [1.165, 1.54) is 28.0 Å². The number of carboxylic acid groups (broad SMARTS) is 1. The molecule has 0 saturated carbocycles. The molecule has 0 bridgehead atoms. The molecule has 1 unspecified atom stereocenters. The van der Waals surface area contributed by atoms with Gasteiger partial charge in [-0.15, -0.1) is 0 Å². The van der Waals surface area contributed by atoms with Crippen molar-refractivity contribution in [2.24, 2.45) is 11.8 Å². The van der Waals surface area contributed by atoms with Crippen LogP contribution in [0.4, 0.5) is 10.1 Å². The van der Waals surface area contributed by atoms with Gasteiger partial charge in [0.15, 0.2) is 0 Å². The second-order valence-electron chi connectivity index (χ2n) is 6.36. The monoisotopic (exact) mass is 336 g/mol. The molecule has 1 aromatic carbocycles. The topological polar surface area (TPSA) is 77.9 Å². The zero-order valence-electron chi connectivity index (χ0n) is 13.7. The predicted molar refractivity (Wildman–Crippen MR) is 85.9 cm³/mol. The van der Waals surface area contributed by atoms with E-state index in [0.29, 0.717) is 6.54 Å². The molecular weight excluding hydrogens is 315 g/mol. The maximum atomic E-state index is 13.9. The first-order chi connectivity index (χ1) is 11.3. The number of carbonyl (C=O) groups excluding carboxylic acids is 2. The molecule has 6 nitrogen and oxygen atoms in total. The number of halogens is 1. The Kier molecular flexibility index (Phi) is 5.54. The summed E-state index contributed by atoms with van der Waals surface area (Å²) in [6, 6.07) is 5.89. The maximum Gasteiger partial charge on any atom is 0.323 e. The third-order valence-corrected chi connectivity index (χ3v) is 3.84. The van der Waals surface area contributed by atoms with Crippen LogP contribution in [0.2, 0.25) is 0 Å². The fourth-order valence-electron chi connectivity index (χ4n) is 2.87. The second-order valence-corrected chi connectivity index (χ2v) is 6.36. The SMILES string of the molecule is CC(C)CN(CC(=O)O)C(=O)C1CC(=O)N(c2ccccc2F)C1. The highest BCUT2D eigenvalue weighted by atomic mass is 19.1. The first-order valence-corrected chi connectivity index (χ1v) is 7.85. The first-order valence-electron chi connectivity index (χ1n) is 7.85. The molecule has 7 heteroatoms. The van der Waals surface area contributed by atoms with Crippen molar-refractivity contribution in [3.63, 3.8) is 0 Å². The van der Waals surface area contributed by atoms with E-state index in [0.717, 1.165) is 0 Å². The normalized spacial score (nSPS) is 17.4. The number of carbonyl (C=O) groups is 3. The maximum absolute atomic E-state index is 13.9. The Bertz CT molecular complexity index is 647. The molecule has 130 valence electrons. The standard InChI is InChI=1S/C17H21FN2O4/c1-11(2)8-19(10-16(22)23)17(24)12-7-15(21)20(9-12)14-6-4-3-5-13(14)18/h3-6,11-12H,7-10H2,1-2H3,(H,22,23). The van der Waals surface area contributed by atoms with E-state index < -0.39 is 24.2 Å². The Morgan fingerprint density at radius 1 is 1.38 bits per heavy atom. The number of hydrogen-bond donors (Lipinski definition) is 1. The Labute approximate surface area is 139 Å². The van der Waals surface area contributed by atoms with Gasteiger partial charge in [-0.1, -0.05) is 26.0 Å². The first kappa shape index (κ1) is 17.9. The van der Waals surface area contributed by atoms with Gasteiger partial charge in [-0.05, 0) is 18.1 Å². The molecule has 1 aliphatic rings. The van der Waals surface area contributed by atoms with Crippen LogP contribution in [0.15, 0.2) is 24.3 Å². The number of carboxylic acids is 1. The van der Waals surface area contributed by atoms with Crippen molar-refractivity contribution in [2.75, 3.05) is 24.5 Å². The van der Waals surface area contributed by atoms with E-state index >= 15 is 0 Å². The van der Waals surface area contributed by atoms with Gasteiger partial charge in [-0.25, -0.2) is 4.39 Å². The number of nitrogens with zero attached hydrogens (tertiary/aromatic N) is 2. The lowest BCUT2D eigenvalue weighted by Gasteiger charge is -2.25. The van der Waals surface area contributed by atoms with Crippen molar-refractivity contribution in [2.45, 2.75) is 20.3 Å². The Hall–Kier alpha value is -2.44. The van der Waals surface area contributed by atoms with Crippen molar-refractivity contribution in [1.29, 1.82) is 0 Å². The van der Waals surface area contributed by atoms with Crippen molar-refractivity contribution >= 4 is 23.5 Å². The van der Waals surface area contributed by atoms with Crippen LogP contribution >= 0.6 is 0 Å². The minimum Gasteiger partial charge on any atom is -0.480 e. The van der Waals surface area contributed by atoms with Crippen LogP contribution < -0.4 is 4.90 Å². The summed E-state index contributed by atoms with van der Waals surface area (Å²) in [5.74, 6) is -2.89. The number of amides is 2. The highest BCUT2D eigenvalue weighted by Gasteiger charge is 2.38. The number of para-hydroxylation sites is 1. The summed E-state index contributed by atoms with van der Waals surface area (Å²) in [4.78, 5) is 38.3. The molecule has 0 aromatic heterocycles. The quantitative estimate of drug-likeness (QED) is 0.858. The number of anilines is 1. The molecule has 2 amide bonds. The van der Waals surface area contributed by atoms with E-state index in [2.05, 4.69) is 0 Å². The third kappa shape index (κ3) is 4.10. The van der Waals surface area contributed by atoms with Gasteiger partial charge in [0.05, 0.1) is 11.6 Å². The lowest BCUT2D eigenvalue weighted by molar-refractivity contribution is -0.146. The van der Waals surface area contributed by atoms with E-state index in [9.17, 15) is 18.8 Å². The lowest BCUT2D eigenvalue weighted by Crippen LogP contribution is -2.42.